The van der Waals surface area contributed by atoms with Crippen LogP contribution < -0.4 is 0 Å². The molecular formula is C13H14ClNO3. The zero-order valence-corrected chi connectivity index (χ0v) is 10.4. The Morgan fingerprint density at radius 3 is 2.67 bits per heavy atom. The number of rotatable bonds is 4. The van der Waals surface area contributed by atoms with E-state index in [1.165, 1.54) is 0 Å². The van der Waals surface area contributed by atoms with E-state index in [1.807, 2.05) is 24.3 Å². The molecule has 0 aliphatic carbocycles. The lowest BCUT2D eigenvalue weighted by Crippen LogP contribution is -2.20. The highest BCUT2D eigenvalue weighted by atomic mass is 35.5. The Labute approximate surface area is 109 Å². The molecule has 2 unspecified atom stereocenters. The van der Waals surface area contributed by atoms with Crippen molar-refractivity contribution in [2.24, 2.45) is 0 Å². The second-order valence-corrected chi connectivity index (χ2v) is 4.44. The third-order valence-electron chi connectivity index (χ3n) is 2.81. The molecule has 4 nitrogen and oxygen atoms in total. The van der Waals surface area contributed by atoms with Crippen LogP contribution in [-0.2, 0) is 0 Å². The van der Waals surface area contributed by atoms with Crippen LogP contribution in [0.2, 0.25) is 5.15 Å². The lowest BCUT2D eigenvalue weighted by Gasteiger charge is -2.18. The van der Waals surface area contributed by atoms with E-state index < -0.39 is 12.2 Å². The average molecular weight is 268 g/mol. The lowest BCUT2D eigenvalue weighted by molar-refractivity contribution is 0.00418. The standard InChI is InChI=1S/C13H14ClNO3/c14-13-9(12(18)11(17)5-6-16)7-8-3-1-2-4-10(8)15-13/h1-4,7,11-12,16-18H,5-6H2. The number of nitrogens with zero attached hydrogens (tertiary/aromatic N) is 1. The Bertz CT molecular complexity index is 547. The highest BCUT2D eigenvalue weighted by Gasteiger charge is 2.21. The van der Waals surface area contributed by atoms with Crippen molar-refractivity contribution in [2.75, 3.05) is 6.61 Å². The van der Waals surface area contributed by atoms with Gasteiger partial charge in [-0.05, 0) is 18.6 Å². The molecule has 0 amide bonds. The first kappa shape index (κ1) is 13.2. The van der Waals surface area contributed by atoms with Crippen molar-refractivity contribution in [2.45, 2.75) is 18.6 Å². The molecule has 0 aliphatic heterocycles. The molecule has 18 heavy (non-hydrogen) atoms. The molecule has 0 bridgehead atoms. The molecule has 0 saturated heterocycles. The predicted octanol–water partition coefficient (Wildman–Crippen LogP) is 1.66. The second kappa shape index (κ2) is 5.63. The predicted molar refractivity (Wildman–Crippen MR) is 69.4 cm³/mol. The average Bonchev–Trinajstić information content (AvgIpc) is 2.37. The van der Waals surface area contributed by atoms with Gasteiger partial charge in [0.2, 0.25) is 0 Å². The Morgan fingerprint density at radius 1 is 1.22 bits per heavy atom. The third kappa shape index (κ3) is 2.62. The quantitative estimate of drug-likeness (QED) is 0.737. The molecule has 96 valence electrons. The number of fused-ring (bicyclic) bond motifs is 1. The van der Waals surface area contributed by atoms with Gasteiger partial charge < -0.3 is 15.3 Å². The largest absolute Gasteiger partial charge is 0.396 e. The van der Waals surface area contributed by atoms with Crippen molar-refractivity contribution >= 4 is 22.5 Å². The Morgan fingerprint density at radius 2 is 1.94 bits per heavy atom. The van der Waals surface area contributed by atoms with Gasteiger partial charge in [0.15, 0.2) is 0 Å². The second-order valence-electron chi connectivity index (χ2n) is 4.09. The van der Waals surface area contributed by atoms with Crippen LogP contribution in [0.3, 0.4) is 0 Å². The molecule has 0 saturated carbocycles. The molecule has 2 rings (SSSR count). The highest BCUT2D eigenvalue weighted by Crippen LogP contribution is 2.28. The molecule has 0 spiro atoms. The number of aliphatic hydroxyl groups is 3. The van der Waals surface area contributed by atoms with Crippen molar-refractivity contribution in [3.05, 3.63) is 41.0 Å². The molecule has 1 heterocycles. The molecule has 3 N–H and O–H groups in total. The molecule has 1 aromatic heterocycles. The van der Waals surface area contributed by atoms with Crippen molar-refractivity contribution < 1.29 is 15.3 Å². The maximum atomic E-state index is 9.97. The van der Waals surface area contributed by atoms with E-state index >= 15 is 0 Å². The first-order chi connectivity index (χ1) is 8.63. The van der Waals surface area contributed by atoms with E-state index in [2.05, 4.69) is 4.98 Å². The number of aliphatic hydroxyl groups excluding tert-OH is 3. The van der Waals surface area contributed by atoms with Gasteiger partial charge in [-0.3, -0.25) is 0 Å². The minimum atomic E-state index is -1.15. The topological polar surface area (TPSA) is 73.6 Å². The van der Waals surface area contributed by atoms with E-state index in [0.29, 0.717) is 5.56 Å². The number of para-hydroxylation sites is 1. The fourth-order valence-corrected chi connectivity index (χ4v) is 2.07. The van der Waals surface area contributed by atoms with Gasteiger partial charge in [-0.2, -0.15) is 0 Å². The first-order valence-corrected chi connectivity index (χ1v) is 6.03. The van der Waals surface area contributed by atoms with Gasteiger partial charge in [0.25, 0.3) is 0 Å². The monoisotopic (exact) mass is 267 g/mol. The van der Waals surface area contributed by atoms with E-state index in [4.69, 9.17) is 16.7 Å². The maximum Gasteiger partial charge on any atom is 0.135 e. The summed E-state index contributed by atoms with van der Waals surface area (Å²) in [4.78, 5) is 4.17. The van der Waals surface area contributed by atoms with Crippen molar-refractivity contribution in [3.8, 4) is 0 Å². The number of aromatic nitrogens is 1. The van der Waals surface area contributed by atoms with Crippen molar-refractivity contribution in [3.63, 3.8) is 0 Å². The summed E-state index contributed by atoms with van der Waals surface area (Å²) in [7, 11) is 0. The Hall–Kier alpha value is -1.20. The zero-order valence-electron chi connectivity index (χ0n) is 9.62. The minimum absolute atomic E-state index is 0.0876. The van der Waals surface area contributed by atoms with Gasteiger partial charge >= 0.3 is 0 Å². The molecule has 2 atom stereocenters. The van der Waals surface area contributed by atoms with E-state index in [9.17, 15) is 10.2 Å². The number of hydrogen-bond acceptors (Lipinski definition) is 4. The van der Waals surface area contributed by atoms with E-state index in [1.54, 1.807) is 6.07 Å². The van der Waals surface area contributed by atoms with Crippen LogP contribution >= 0.6 is 11.6 Å². The molecule has 0 fully saturated rings. The number of benzene rings is 1. The smallest absolute Gasteiger partial charge is 0.135 e. The molecule has 2 aromatic rings. The Balaban J connectivity index is 2.41. The van der Waals surface area contributed by atoms with Crippen LogP contribution in [0.25, 0.3) is 10.9 Å². The Kier molecular flexibility index (Phi) is 4.14. The van der Waals surface area contributed by atoms with Crippen molar-refractivity contribution in [1.29, 1.82) is 0 Å². The summed E-state index contributed by atoms with van der Waals surface area (Å²) >= 11 is 6.00. The summed E-state index contributed by atoms with van der Waals surface area (Å²) in [6, 6.07) is 9.09. The fourth-order valence-electron chi connectivity index (χ4n) is 1.81. The molecule has 0 aliphatic rings. The zero-order chi connectivity index (χ0) is 13.1. The number of pyridine rings is 1. The SMILES string of the molecule is OCCC(O)C(O)c1cc2ccccc2nc1Cl. The van der Waals surface area contributed by atoms with Crippen LogP contribution in [0.4, 0.5) is 0 Å². The minimum Gasteiger partial charge on any atom is -0.396 e. The van der Waals surface area contributed by atoms with E-state index in [0.717, 1.165) is 10.9 Å². The van der Waals surface area contributed by atoms with Crippen molar-refractivity contribution in [1.82, 2.24) is 4.98 Å². The van der Waals surface area contributed by atoms with Crippen LogP contribution in [-0.4, -0.2) is 33.0 Å². The summed E-state index contributed by atoms with van der Waals surface area (Å²) in [5.41, 5.74) is 1.10. The van der Waals surface area contributed by atoms with Gasteiger partial charge in [-0.15, -0.1) is 0 Å². The fraction of sp³-hybridized carbons (Fsp3) is 0.308. The van der Waals surface area contributed by atoms with Gasteiger partial charge in [0.1, 0.15) is 11.3 Å². The van der Waals surface area contributed by atoms with Crippen LogP contribution in [0.15, 0.2) is 30.3 Å². The van der Waals surface area contributed by atoms with Gasteiger partial charge in [0, 0.05) is 17.6 Å². The summed E-state index contributed by atoms with van der Waals surface area (Å²) < 4.78 is 0. The normalized spacial score (nSPS) is 14.7. The maximum absolute atomic E-state index is 9.97. The van der Waals surface area contributed by atoms with Crippen LogP contribution in [0, 0.1) is 0 Å². The molecule has 5 heteroatoms. The summed E-state index contributed by atoms with van der Waals surface area (Å²) in [5, 5.41) is 29.4. The molecule has 1 aromatic carbocycles. The van der Waals surface area contributed by atoms with Gasteiger partial charge in [0.05, 0.1) is 11.6 Å². The lowest BCUT2D eigenvalue weighted by atomic mass is 10.0. The highest BCUT2D eigenvalue weighted by molar-refractivity contribution is 6.30. The van der Waals surface area contributed by atoms with Crippen LogP contribution in [0.5, 0.6) is 0 Å². The first-order valence-electron chi connectivity index (χ1n) is 5.65. The summed E-state index contributed by atoms with van der Waals surface area (Å²) in [6.45, 7) is -0.198. The van der Waals surface area contributed by atoms with Gasteiger partial charge in [-0.25, -0.2) is 4.98 Å². The number of halogens is 1. The third-order valence-corrected chi connectivity index (χ3v) is 3.12. The van der Waals surface area contributed by atoms with Gasteiger partial charge in [-0.1, -0.05) is 29.8 Å². The van der Waals surface area contributed by atoms with Crippen LogP contribution in [0.1, 0.15) is 18.1 Å². The number of hydrogen-bond donors (Lipinski definition) is 3. The summed E-state index contributed by atoms with van der Waals surface area (Å²) in [6.07, 6.45) is -2.12. The van der Waals surface area contributed by atoms with E-state index in [-0.39, 0.29) is 18.2 Å². The molecular weight excluding hydrogens is 254 g/mol. The summed E-state index contributed by atoms with van der Waals surface area (Å²) in [5.74, 6) is 0. The molecule has 0 radical (unpaired) electrons.